The average molecular weight is 529 g/mol. The molecule has 0 aliphatic carbocycles. The van der Waals surface area contributed by atoms with Crippen LogP contribution in [0.5, 0.6) is 0 Å². The van der Waals surface area contributed by atoms with Crippen LogP contribution in [0, 0.1) is 11.7 Å². The number of piperidine rings is 1. The molecule has 35 heavy (non-hydrogen) atoms. The van der Waals surface area contributed by atoms with Gasteiger partial charge in [-0.15, -0.1) is 11.3 Å². The molecule has 1 saturated heterocycles. The quantitative estimate of drug-likeness (QED) is 0.391. The molecule has 2 N–H and O–H groups in total. The van der Waals surface area contributed by atoms with Crippen molar-refractivity contribution in [2.45, 2.75) is 25.4 Å². The van der Waals surface area contributed by atoms with Gasteiger partial charge in [0, 0.05) is 36.8 Å². The SMILES string of the molecule is O=C(Nc1nc(-c2cccc(C(F)(F)F)c2F)cs1)c1cnc(N2CCC(CCO)CC2)c(Cl)c1. The van der Waals surface area contributed by atoms with E-state index in [9.17, 15) is 22.4 Å². The third-order valence-electron chi connectivity index (χ3n) is 5.84. The van der Waals surface area contributed by atoms with Gasteiger partial charge in [-0.3, -0.25) is 10.1 Å². The number of amides is 1. The van der Waals surface area contributed by atoms with E-state index in [0.29, 0.717) is 22.8 Å². The summed E-state index contributed by atoms with van der Waals surface area (Å²) in [7, 11) is 0. The number of alkyl halides is 3. The highest BCUT2D eigenvalue weighted by Crippen LogP contribution is 2.36. The summed E-state index contributed by atoms with van der Waals surface area (Å²) in [6.45, 7) is 1.66. The van der Waals surface area contributed by atoms with Gasteiger partial charge < -0.3 is 10.0 Å². The Hall–Kier alpha value is -2.76. The third-order valence-corrected chi connectivity index (χ3v) is 6.88. The van der Waals surface area contributed by atoms with Gasteiger partial charge in [-0.05, 0) is 43.4 Å². The summed E-state index contributed by atoms with van der Waals surface area (Å²) in [6.07, 6.45) is -0.843. The molecule has 0 spiro atoms. The van der Waals surface area contributed by atoms with Crippen LogP contribution in [-0.2, 0) is 6.18 Å². The van der Waals surface area contributed by atoms with Crippen molar-refractivity contribution in [2.75, 3.05) is 29.9 Å². The van der Waals surface area contributed by atoms with Crippen LogP contribution in [0.1, 0.15) is 35.2 Å². The Morgan fingerprint density at radius 1 is 1.29 bits per heavy atom. The first-order chi connectivity index (χ1) is 16.7. The van der Waals surface area contributed by atoms with E-state index >= 15 is 0 Å². The van der Waals surface area contributed by atoms with Crippen molar-refractivity contribution in [1.29, 1.82) is 0 Å². The van der Waals surface area contributed by atoms with Crippen LogP contribution in [0.3, 0.4) is 0 Å². The van der Waals surface area contributed by atoms with Gasteiger partial charge in [0.05, 0.1) is 21.8 Å². The van der Waals surface area contributed by atoms with Crippen LogP contribution in [0.4, 0.5) is 28.5 Å². The lowest BCUT2D eigenvalue weighted by Gasteiger charge is -2.33. The Labute approximate surface area is 207 Å². The lowest BCUT2D eigenvalue weighted by atomic mass is 9.94. The Bertz CT molecular complexity index is 1210. The summed E-state index contributed by atoms with van der Waals surface area (Å²) >= 11 is 7.34. The van der Waals surface area contributed by atoms with Gasteiger partial charge in [-0.2, -0.15) is 13.2 Å². The summed E-state index contributed by atoms with van der Waals surface area (Å²) in [5.41, 5.74) is -1.54. The van der Waals surface area contributed by atoms with Crippen LogP contribution in [0.15, 0.2) is 35.8 Å². The predicted molar refractivity (Wildman–Crippen MR) is 126 cm³/mol. The minimum Gasteiger partial charge on any atom is -0.396 e. The third kappa shape index (κ3) is 5.74. The number of pyridine rings is 1. The number of nitrogens with zero attached hydrogens (tertiary/aromatic N) is 3. The molecule has 4 rings (SSSR count). The zero-order valence-corrected chi connectivity index (χ0v) is 19.9. The summed E-state index contributed by atoms with van der Waals surface area (Å²) in [5.74, 6) is -0.942. The minimum atomic E-state index is -4.83. The molecule has 6 nitrogen and oxygen atoms in total. The van der Waals surface area contributed by atoms with E-state index in [-0.39, 0.29) is 28.6 Å². The second-order valence-electron chi connectivity index (χ2n) is 8.13. The largest absolute Gasteiger partial charge is 0.419 e. The van der Waals surface area contributed by atoms with Crippen LogP contribution in [0.25, 0.3) is 11.3 Å². The Kier molecular flexibility index (Phi) is 7.58. The molecule has 0 atom stereocenters. The maximum Gasteiger partial charge on any atom is 0.419 e. The fourth-order valence-electron chi connectivity index (χ4n) is 3.98. The number of aliphatic hydroxyl groups excluding tert-OH is 1. The molecule has 2 aromatic heterocycles. The molecule has 186 valence electrons. The number of anilines is 2. The fraction of sp³-hybridized carbons (Fsp3) is 0.348. The van der Waals surface area contributed by atoms with Crippen LogP contribution < -0.4 is 10.2 Å². The van der Waals surface area contributed by atoms with Crippen LogP contribution in [0.2, 0.25) is 5.02 Å². The van der Waals surface area contributed by atoms with Gasteiger partial charge in [-0.25, -0.2) is 14.4 Å². The summed E-state index contributed by atoms with van der Waals surface area (Å²) < 4.78 is 53.4. The molecule has 0 unspecified atom stereocenters. The topological polar surface area (TPSA) is 78.4 Å². The molecule has 1 aliphatic rings. The first kappa shape index (κ1) is 25.3. The first-order valence-corrected chi connectivity index (χ1v) is 12.1. The summed E-state index contributed by atoms with van der Waals surface area (Å²) in [5, 5.41) is 13.4. The van der Waals surface area contributed by atoms with E-state index in [0.717, 1.165) is 49.8 Å². The van der Waals surface area contributed by atoms with Gasteiger partial charge in [0.2, 0.25) is 0 Å². The highest BCUT2D eigenvalue weighted by molar-refractivity contribution is 7.14. The number of halogens is 5. The van der Waals surface area contributed by atoms with Gasteiger partial charge in [-0.1, -0.05) is 17.7 Å². The van der Waals surface area contributed by atoms with E-state index in [1.165, 1.54) is 23.7 Å². The number of thiazole rings is 1. The van der Waals surface area contributed by atoms with Gasteiger partial charge in [0.15, 0.2) is 5.13 Å². The Morgan fingerprint density at radius 2 is 2.03 bits per heavy atom. The maximum atomic E-state index is 14.4. The lowest BCUT2D eigenvalue weighted by Crippen LogP contribution is -2.34. The molecule has 0 radical (unpaired) electrons. The normalized spacial score (nSPS) is 14.9. The standard InChI is InChI=1S/C23H21ClF4N4O2S/c24-17-10-14(11-29-20(17)32-7-4-13(5-8-32)6-9-33)21(34)31-22-30-18(12-35-22)15-2-1-3-16(19(15)25)23(26,27)28/h1-3,10-13,33H,4-9H2,(H,30,31,34). The predicted octanol–water partition coefficient (Wildman–Crippen LogP) is 5.87. The number of hydrogen-bond donors (Lipinski definition) is 2. The number of rotatable bonds is 6. The van der Waals surface area contributed by atoms with Gasteiger partial charge in [0.25, 0.3) is 5.91 Å². The average Bonchev–Trinajstić information content (AvgIpc) is 3.27. The molecule has 1 fully saturated rings. The minimum absolute atomic E-state index is 0.0231. The smallest absolute Gasteiger partial charge is 0.396 e. The van der Waals surface area contributed by atoms with E-state index in [2.05, 4.69) is 15.3 Å². The lowest BCUT2D eigenvalue weighted by molar-refractivity contribution is -0.139. The maximum absolute atomic E-state index is 14.4. The molecule has 0 bridgehead atoms. The van der Waals surface area contributed by atoms with Crippen molar-refractivity contribution in [3.8, 4) is 11.3 Å². The molecule has 3 aromatic rings. The Morgan fingerprint density at radius 3 is 2.69 bits per heavy atom. The number of carbonyl (C=O) groups excluding carboxylic acids is 1. The van der Waals surface area contributed by atoms with Gasteiger partial charge in [0.1, 0.15) is 11.6 Å². The number of aromatic nitrogens is 2. The summed E-state index contributed by atoms with van der Waals surface area (Å²) in [6, 6.07) is 4.44. The molecule has 12 heteroatoms. The molecule has 3 heterocycles. The summed E-state index contributed by atoms with van der Waals surface area (Å²) in [4.78, 5) is 23.1. The van der Waals surface area contributed by atoms with E-state index < -0.39 is 23.5 Å². The fourth-order valence-corrected chi connectivity index (χ4v) is 4.97. The second kappa shape index (κ2) is 10.5. The number of hydrogen-bond acceptors (Lipinski definition) is 6. The molecule has 1 aromatic carbocycles. The molecular weight excluding hydrogens is 508 g/mol. The van der Waals surface area contributed by atoms with Crippen molar-refractivity contribution in [3.63, 3.8) is 0 Å². The van der Waals surface area contributed by atoms with E-state index in [1.54, 1.807) is 0 Å². The zero-order valence-electron chi connectivity index (χ0n) is 18.3. The number of nitrogens with one attached hydrogen (secondary N) is 1. The Balaban J connectivity index is 1.45. The van der Waals surface area contributed by atoms with Crippen LogP contribution in [-0.4, -0.2) is 40.7 Å². The molecule has 0 saturated carbocycles. The highest BCUT2D eigenvalue weighted by atomic mass is 35.5. The van der Waals surface area contributed by atoms with Crippen molar-refractivity contribution < 1.29 is 27.5 Å². The molecular formula is C23H21ClF4N4O2S. The number of aliphatic hydroxyl groups is 1. The highest BCUT2D eigenvalue weighted by Gasteiger charge is 2.35. The van der Waals surface area contributed by atoms with E-state index in [1.807, 2.05) is 4.90 Å². The second-order valence-corrected chi connectivity index (χ2v) is 9.39. The van der Waals surface area contributed by atoms with Crippen molar-refractivity contribution in [1.82, 2.24) is 9.97 Å². The monoisotopic (exact) mass is 528 g/mol. The number of carbonyl (C=O) groups is 1. The zero-order chi connectivity index (χ0) is 25.2. The van der Waals surface area contributed by atoms with E-state index in [4.69, 9.17) is 16.7 Å². The van der Waals surface area contributed by atoms with Gasteiger partial charge >= 0.3 is 6.18 Å². The molecule has 1 amide bonds. The number of benzene rings is 1. The first-order valence-electron chi connectivity index (χ1n) is 10.8. The van der Waals surface area contributed by atoms with Crippen LogP contribution >= 0.6 is 22.9 Å². The van der Waals surface area contributed by atoms with Crippen molar-refractivity contribution >= 4 is 39.8 Å². The van der Waals surface area contributed by atoms with Crippen molar-refractivity contribution in [2.24, 2.45) is 5.92 Å². The molecule has 1 aliphatic heterocycles. The van der Waals surface area contributed by atoms with Crippen molar-refractivity contribution in [3.05, 3.63) is 57.8 Å².